The van der Waals surface area contributed by atoms with Crippen LogP contribution < -0.4 is 5.32 Å². The number of nitrogens with zero attached hydrogens (tertiary/aromatic N) is 1. The fraction of sp³-hybridized carbons (Fsp3) is 0.400. The maximum absolute atomic E-state index is 14.6. The molecule has 0 spiro atoms. The van der Waals surface area contributed by atoms with Crippen LogP contribution in [0.4, 0.5) is 13.6 Å². The lowest BCUT2D eigenvalue weighted by Crippen LogP contribution is -2.56. The number of carboxylic acids is 1. The number of ether oxygens (including phenoxy) is 1. The number of alkyl carbamates (subject to hydrolysis) is 1. The van der Waals surface area contributed by atoms with Crippen LogP contribution in [-0.2, 0) is 14.3 Å². The van der Waals surface area contributed by atoms with Crippen molar-refractivity contribution in [1.29, 1.82) is 0 Å². The molecule has 0 aromatic heterocycles. The highest BCUT2D eigenvalue weighted by Crippen LogP contribution is 2.44. The molecule has 0 radical (unpaired) electrons. The van der Waals surface area contributed by atoms with E-state index in [-0.39, 0.29) is 19.1 Å². The Balaban J connectivity index is 1.35. The first-order chi connectivity index (χ1) is 16.2. The molecule has 34 heavy (non-hydrogen) atoms. The first-order valence-corrected chi connectivity index (χ1v) is 11.2. The topological polar surface area (TPSA) is 95.9 Å². The summed E-state index contributed by atoms with van der Waals surface area (Å²) in [6.45, 7) is 0.0488. The van der Waals surface area contributed by atoms with Crippen LogP contribution in [0.25, 0.3) is 11.1 Å². The van der Waals surface area contributed by atoms with Gasteiger partial charge in [0, 0.05) is 18.5 Å². The third-order valence-corrected chi connectivity index (χ3v) is 6.60. The van der Waals surface area contributed by atoms with E-state index in [0.29, 0.717) is 12.8 Å². The monoisotopic (exact) mass is 472 g/mol. The van der Waals surface area contributed by atoms with Gasteiger partial charge in [-0.25, -0.2) is 4.79 Å². The zero-order valence-corrected chi connectivity index (χ0v) is 18.7. The van der Waals surface area contributed by atoms with Crippen molar-refractivity contribution in [2.75, 3.05) is 19.7 Å². The number of fused-ring (bicyclic) bond motifs is 3. The van der Waals surface area contributed by atoms with E-state index in [2.05, 4.69) is 0 Å². The number of aliphatic carboxylic acids is 1. The van der Waals surface area contributed by atoms with Crippen molar-refractivity contribution in [3.8, 4) is 11.1 Å². The van der Waals surface area contributed by atoms with Crippen molar-refractivity contribution in [3.63, 3.8) is 0 Å². The van der Waals surface area contributed by atoms with E-state index in [1.54, 1.807) is 6.92 Å². The number of amides is 2. The van der Waals surface area contributed by atoms with Crippen LogP contribution in [0.2, 0.25) is 0 Å². The van der Waals surface area contributed by atoms with Gasteiger partial charge in [0.1, 0.15) is 6.61 Å². The summed E-state index contributed by atoms with van der Waals surface area (Å²) in [6.07, 6.45) is -0.410. The van der Waals surface area contributed by atoms with Gasteiger partial charge in [-0.05, 0) is 42.0 Å². The maximum Gasteiger partial charge on any atom is 0.407 e. The van der Waals surface area contributed by atoms with E-state index >= 15 is 0 Å². The van der Waals surface area contributed by atoms with E-state index in [0.717, 1.165) is 27.2 Å². The van der Waals surface area contributed by atoms with Crippen molar-refractivity contribution in [2.45, 2.75) is 37.6 Å². The molecule has 2 aromatic rings. The van der Waals surface area contributed by atoms with E-state index in [1.165, 1.54) is 0 Å². The van der Waals surface area contributed by atoms with Gasteiger partial charge < -0.3 is 20.1 Å². The highest BCUT2D eigenvalue weighted by Gasteiger charge is 2.46. The minimum atomic E-state index is -3.89. The van der Waals surface area contributed by atoms with E-state index in [9.17, 15) is 28.3 Å². The number of rotatable bonds is 6. The van der Waals surface area contributed by atoms with E-state index in [1.807, 2.05) is 53.8 Å². The molecule has 0 saturated carbocycles. The van der Waals surface area contributed by atoms with Gasteiger partial charge in [-0.3, -0.25) is 9.59 Å². The van der Waals surface area contributed by atoms with Gasteiger partial charge >= 0.3 is 18.0 Å². The van der Waals surface area contributed by atoms with Gasteiger partial charge in [0.15, 0.2) is 0 Å². The average molecular weight is 472 g/mol. The van der Waals surface area contributed by atoms with E-state index in [4.69, 9.17) is 4.74 Å². The Morgan fingerprint density at radius 3 is 2.24 bits per heavy atom. The molecule has 180 valence electrons. The smallest absolute Gasteiger partial charge is 0.407 e. The lowest BCUT2D eigenvalue weighted by atomic mass is 9.93. The van der Waals surface area contributed by atoms with Gasteiger partial charge in [-0.2, -0.15) is 8.78 Å². The number of alkyl halides is 2. The second kappa shape index (κ2) is 9.40. The van der Waals surface area contributed by atoms with Crippen molar-refractivity contribution < 1.29 is 33.0 Å². The highest BCUT2D eigenvalue weighted by atomic mass is 19.3. The Bertz CT molecular complexity index is 1060. The fourth-order valence-corrected chi connectivity index (χ4v) is 4.71. The van der Waals surface area contributed by atoms with Gasteiger partial charge in [0.2, 0.25) is 0 Å². The van der Waals surface area contributed by atoms with Crippen LogP contribution in [0, 0.1) is 5.92 Å². The average Bonchev–Trinajstić information content (AvgIpc) is 3.15. The quantitative estimate of drug-likeness (QED) is 0.666. The standard InChI is InChI=1S/C25H26F2N2O5/c1-15-10-11-16(22(30)31)12-29(15)23(32)25(26,27)14-28-24(33)34-13-21-19-8-4-2-6-17(19)18-7-3-5-9-20(18)21/h2-9,15-16,21H,10-14H2,1H3,(H,28,33)(H,30,31). The molecule has 1 aliphatic heterocycles. The van der Waals surface area contributed by atoms with Crippen molar-refractivity contribution in [1.82, 2.24) is 10.2 Å². The van der Waals surface area contributed by atoms with Gasteiger partial charge in [-0.1, -0.05) is 48.5 Å². The molecule has 2 unspecified atom stereocenters. The molecule has 1 aliphatic carbocycles. The molecule has 1 saturated heterocycles. The number of benzene rings is 2. The molecule has 2 aliphatic rings. The minimum Gasteiger partial charge on any atom is -0.481 e. The van der Waals surface area contributed by atoms with E-state index < -0.39 is 42.4 Å². The number of nitrogens with one attached hydrogen (secondary N) is 1. The molecule has 2 amide bonds. The minimum absolute atomic E-state index is 0.0389. The molecule has 1 fully saturated rings. The number of carbonyl (C=O) groups is 3. The van der Waals surface area contributed by atoms with Gasteiger partial charge in [0.05, 0.1) is 12.5 Å². The number of piperidine rings is 1. The molecular formula is C25H26F2N2O5. The number of hydrogen-bond acceptors (Lipinski definition) is 4. The number of carboxylic acid groups (broad SMARTS) is 1. The summed E-state index contributed by atoms with van der Waals surface area (Å²) in [5, 5.41) is 11.2. The molecule has 9 heteroatoms. The van der Waals surface area contributed by atoms with Crippen LogP contribution in [-0.4, -0.2) is 59.6 Å². The molecule has 0 bridgehead atoms. The second-order valence-corrected chi connectivity index (χ2v) is 8.80. The summed E-state index contributed by atoms with van der Waals surface area (Å²) >= 11 is 0. The lowest BCUT2D eigenvalue weighted by Gasteiger charge is -2.38. The normalized spacial score (nSPS) is 19.8. The molecule has 4 rings (SSSR count). The summed E-state index contributed by atoms with van der Waals surface area (Å²) in [7, 11) is 0. The maximum atomic E-state index is 14.6. The number of carbonyl (C=O) groups excluding carboxylic acids is 2. The van der Waals surface area contributed by atoms with Crippen molar-refractivity contribution >= 4 is 18.0 Å². The van der Waals surface area contributed by atoms with Gasteiger partial charge in [0.25, 0.3) is 5.91 Å². The third-order valence-electron chi connectivity index (χ3n) is 6.60. The number of hydrogen-bond donors (Lipinski definition) is 2. The zero-order chi connectivity index (χ0) is 24.5. The highest BCUT2D eigenvalue weighted by molar-refractivity contribution is 5.85. The largest absolute Gasteiger partial charge is 0.481 e. The Morgan fingerprint density at radius 2 is 1.65 bits per heavy atom. The third kappa shape index (κ3) is 4.60. The van der Waals surface area contributed by atoms with Crippen LogP contribution in [0.1, 0.15) is 36.8 Å². The Morgan fingerprint density at radius 1 is 1.06 bits per heavy atom. The summed E-state index contributed by atoms with van der Waals surface area (Å²) in [5.74, 6) is -7.61. The number of halogens is 2. The lowest BCUT2D eigenvalue weighted by molar-refractivity contribution is -0.163. The summed E-state index contributed by atoms with van der Waals surface area (Å²) in [4.78, 5) is 36.8. The van der Waals surface area contributed by atoms with Crippen LogP contribution in [0.15, 0.2) is 48.5 Å². The molecule has 2 atom stereocenters. The molecule has 1 heterocycles. The van der Waals surface area contributed by atoms with Gasteiger partial charge in [-0.15, -0.1) is 0 Å². The molecule has 2 N–H and O–H groups in total. The first-order valence-electron chi connectivity index (χ1n) is 11.2. The van der Waals surface area contributed by atoms with Crippen LogP contribution in [0.5, 0.6) is 0 Å². The van der Waals surface area contributed by atoms with Crippen LogP contribution >= 0.6 is 0 Å². The summed E-state index contributed by atoms with van der Waals surface area (Å²) < 4.78 is 34.4. The fourth-order valence-electron chi connectivity index (χ4n) is 4.71. The van der Waals surface area contributed by atoms with Crippen LogP contribution in [0.3, 0.4) is 0 Å². The number of likely N-dealkylation sites (tertiary alicyclic amines) is 1. The zero-order valence-electron chi connectivity index (χ0n) is 18.7. The van der Waals surface area contributed by atoms with Crippen molar-refractivity contribution in [2.24, 2.45) is 5.92 Å². The molecular weight excluding hydrogens is 446 g/mol. The molecule has 7 nitrogen and oxygen atoms in total. The summed E-state index contributed by atoms with van der Waals surface area (Å²) in [5.41, 5.74) is 4.06. The Hall–Kier alpha value is -3.49. The summed E-state index contributed by atoms with van der Waals surface area (Å²) in [6, 6.07) is 15.0. The second-order valence-electron chi connectivity index (χ2n) is 8.80. The Kier molecular flexibility index (Phi) is 6.54. The Labute approximate surface area is 195 Å². The molecule has 2 aromatic carbocycles. The SMILES string of the molecule is CC1CCC(C(=O)O)CN1C(=O)C(F)(F)CNC(=O)OCC1c2ccccc2-c2ccccc21. The first kappa shape index (κ1) is 23.7. The van der Waals surface area contributed by atoms with Crippen molar-refractivity contribution in [3.05, 3.63) is 59.7 Å². The predicted octanol–water partition coefficient (Wildman–Crippen LogP) is 3.87. The predicted molar refractivity (Wildman–Crippen MR) is 120 cm³/mol.